The van der Waals surface area contributed by atoms with Crippen molar-refractivity contribution in [2.45, 2.75) is 63.8 Å². The number of nitrogens with two attached hydrogens (primary N) is 1. The zero-order valence-corrected chi connectivity index (χ0v) is 12.5. The average molecular weight is 281 g/mol. The summed E-state index contributed by atoms with van der Waals surface area (Å²) in [4.78, 5) is 19.0. The van der Waals surface area contributed by atoms with Crippen LogP contribution in [0.1, 0.15) is 57.8 Å². The molecule has 2 rings (SSSR count). The summed E-state index contributed by atoms with van der Waals surface area (Å²) >= 11 is 0. The van der Waals surface area contributed by atoms with Crippen LogP contribution in [0.4, 0.5) is 0 Å². The van der Waals surface area contributed by atoms with Gasteiger partial charge in [0.25, 0.3) is 5.91 Å². The summed E-state index contributed by atoms with van der Waals surface area (Å²) in [6, 6.07) is 0.371. The van der Waals surface area contributed by atoms with Crippen molar-refractivity contribution < 1.29 is 9.63 Å². The molecule has 0 aromatic heterocycles. The van der Waals surface area contributed by atoms with Crippen LogP contribution in [0.2, 0.25) is 0 Å². The summed E-state index contributed by atoms with van der Waals surface area (Å²) in [5, 5.41) is 3.92. The first-order valence-electron chi connectivity index (χ1n) is 7.89. The van der Waals surface area contributed by atoms with Gasteiger partial charge in [-0.25, -0.2) is 0 Å². The predicted octanol–water partition coefficient (Wildman–Crippen LogP) is 2.26. The van der Waals surface area contributed by atoms with Crippen LogP contribution >= 0.6 is 0 Å². The maximum atomic E-state index is 12.0. The van der Waals surface area contributed by atoms with E-state index >= 15 is 0 Å². The second-order valence-electron chi connectivity index (χ2n) is 6.07. The fourth-order valence-corrected chi connectivity index (χ4v) is 3.23. The first kappa shape index (κ1) is 15.1. The van der Waals surface area contributed by atoms with Gasteiger partial charge in [-0.15, -0.1) is 0 Å². The zero-order chi connectivity index (χ0) is 14.4. The lowest BCUT2D eigenvalue weighted by Crippen LogP contribution is -2.40. The first-order chi connectivity index (χ1) is 9.68. The molecule has 5 nitrogen and oxygen atoms in total. The number of amidine groups is 1. The molecule has 0 aliphatic heterocycles. The molecule has 0 unspecified atom stereocenters. The maximum Gasteiger partial charge on any atom is 0.263 e. The lowest BCUT2D eigenvalue weighted by atomic mass is 9.94. The van der Waals surface area contributed by atoms with Gasteiger partial charge < -0.3 is 15.5 Å². The van der Waals surface area contributed by atoms with E-state index in [1.54, 1.807) is 0 Å². The Labute approximate surface area is 121 Å². The highest BCUT2D eigenvalue weighted by atomic mass is 16.6. The molecule has 5 heteroatoms. The van der Waals surface area contributed by atoms with Gasteiger partial charge in [0.1, 0.15) is 5.84 Å². The molecule has 0 radical (unpaired) electrons. The van der Waals surface area contributed by atoms with E-state index in [1.807, 2.05) is 11.9 Å². The topological polar surface area (TPSA) is 67.9 Å². The molecule has 0 saturated heterocycles. The lowest BCUT2D eigenvalue weighted by Gasteiger charge is -2.30. The molecule has 0 aromatic rings. The van der Waals surface area contributed by atoms with Crippen LogP contribution < -0.4 is 5.73 Å². The van der Waals surface area contributed by atoms with E-state index in [4.69, 9.17) is 10.6 Å². The fourth-order valence-electron chi connectivity index (χ4n) is 3.23. The predicted molar refractivity (Wildman–Crippen MR) is 79.2 cm³/mol. The van der Waals surface area contributed by atoms with E-state index in [2.05, 4.69) is 5.16 Å². The largest absolute Gasteiger partial charge is 0.384 e. The second-order valence-corrected chi connectivity index (χ2v) is 6.07. The molecule has 0 heterocycles. The Balaban J connectivity index is 1.72. The van der Waals surface area contributed by atoms with Gasteiger partial charge in [-0.1, -0.05) is 37.3 Å². The van der Waals surface area contributed by atoms with E-state index in [0.29, 0.717) is 17.8 Å². The molecule has 2 N–H and O–H groups in total. The second kappa shape index (κ2) is 7.50. The van der Waals surface area contributed by atoms with Crippen LogP contribution in [0.25, 0.3) is 0 Å². The number of carbonyl (C=O) groups excluding carboxylic acids is 1. The van der Waals surface area contributed by atoms with E-state index in [0.717, 1.165) is 25.7 Å². The molecular weight excluding hydrogens is 254 g/mol. The van der Waals surface area contributed by atoms with E-state index < -0.39 is 0 Å². The molecule has 1 amide bonds. The van der Waals surface area contributed by atoms with E-state index in [1.165, 1.54) is 32.1 Å². The number of hydrogen-bond donors (Lipinski definition) is 1. The summed E-state index contributed by atoms with van der Waals surface area (Å²) in [6.07, 6.45) is 10.5. The van der Waals surface area contributed by atoms with Gasteiger partial charge in [-0.05, 0) is 25.7 Å². The van der Waals surface area contributed by atoms with Crippen molar-refractivity contribution in [3.63, 3.8) is 0 Å². The minimum Gasteiger partial charge on any atom is -0.384 e. The lowest BCUT2D eigenvalue weighted by molar-refractivity contribution is -0.137. The van der Waals surface area contributed by atoms with Crippen molar-refractivity contribution in [1.29, 1.82) is 0 Å². The van der Waals surface area contributed by atoms with Gasteiger partial charge in [0.15, 0.2) is 6.61 Å². The highest BCUT2D eigenvalue weighted by Gasteiger charge is 2.23. The highest BCUT2D eigenvalue weighted by Crippen LogP contribution is 2.24. The number of likely N-dealkylation sites (N-methyl/N-ethyl adjacent to an activating group) is 1. The van der Waals surface area contributed by atoms with E-state index in [9.17, 15) is 4.79 Å². The molecule has 2 saturated carbocycles. The van der Waals surface area contributed by atoms with Gasteiger partial charge >= 0.3 is 0 Å². The molecular formula is C15H27N3O2. The van der Waals surface area contributed by atoms with Crippen LogP contribution in [0.5, 0.6) is 0 Å². The van der Waals surface area contributed by atoms with Crippen molar-refractivity contribution >= 4 is 11.7 Å². The average Bonchev–Trinajstić information content (AvgIpc) is 3.01. The molecule has 2 fully saturated rings. The Morgan fingerprint density at radius 2 is 1.75 bits per heavy atom. The third-order valence-corrected chi connectivity index (χ3v) is 4.65. The first-order valence-corrected chi connectivity index (χ1v) is 7.89. The normalized spacial score (nSPS) is 21.9. The van der Waals surface area contributed by atoms with Gasteiger partial charge in [-0.3, -0.25) is 4.79 Å². The summed E-state index contributed by atoms with van der Waals surface area (Å²) in [6.45, 7) is 0.000417. The van der Waals surface area contributed by atoms with Crippen molar-refractivity contribution in [3.8, 4) is 0 Å². The van der Waals surface area contributed by atoms with Crippen molar-refractivity contribution in [2.75, 3.05) is 13.7 Å². The molecule has 2 aliphatic carbocycles. The summed E-state index contributed by atoms with van der Waals surface area (Å²) < 4.78 is 0. The Morgan fingerprint density at radius 1 is 1.15 bits per heavy atom. The molecule has 0 spiro atoms. The highest BCUT2D eigenvalue weighted by molar-refractivity contribution is 5.82. The minimum atomic E-state index is -0.000119. The summed E-state index contributed by atoms with van der Waals surface area (Å²) in [5.41, 5.74) is 5.88. The van der Waals surface area contributed by atoms with Crippen LogP contribution in [0, 0.1) is 5.92 Å². The van der Waals surface area contributed by atoms with Crippen molar-refractivity contribution in [2.24, 2.45) is 16.8 Å². The van der Waals surface area contributed by atoms with E-state index in [-0.39, 0.29) is 12.5 Å². The molecule has 0 bridgehead atoms. The molecule has 114 valence electrons. The third kappa shape index (κ3) is 4.12. The number of carbonyl (C=O) groups is 1. The Kier molecular flexibility index (Phi) is 5.68. The molecule has 0 aromatic carbocycles. The Bertz CT molecular complexity index is 345. The number of hydrogen-bond acceptors (Lipinski definition) is 3. The van der Waals surface area contributed by atoms with Crippen molar-refractivity contribution in [3.05, 3.63) is 0 Å². The standard InChI is InChI=1S/C15H27N3O2/c1-18(13-9-3-2-4-10-13)14(19)11-20-17-15(16)12-7-5-6-8-12/h12-13H,2-11H2,1H3,(H2,16,17). The third-order valence-electron chi connectivity index (χ3n) is 4.65. The van der Waals surface area contributed by atoms with Crippen molar-refractivity contribution in [1.82, 2.24) is 4.90 Å². The SMILES string of the molecule is CN(C(=O)CO/N=C(\N)C1CCCC1)C1CCCCC1. The number of nitrogens with zero attached hydrogens (tertiary/aromatic N) is 2. The fraction of sp³-hybridized carbons (Fsp3) is 0.867. The Hall–Kier alpha value is -1.26. The van der Waals surface area contributed by atoms with Gasteiger partial charge in [0.2, 0.25) is 0 Å². The minimum absolute atomic E-state index is 0.000119. The quantitative estimate of drug-likeness (QED) is 0.477. The van der Waals surface area contributed by atoms with Gasteiger partial charge in [0, 0.05) is 19.0 Å². The van der Waals surface area contributed by atoms with Crippen LogP contribution in [-0.4, -0.2) is 36.3 Å². The van der Waals surface area contributed by atoms with Crippen LogP contribution in [0.3, 0.4) is 0 Å². The zero-order valence-electron chi connectivity index (χ0n) is 12.5. The van der Waals surface area contributed by atoms with Gasteiger partial charge in [-0.2, -0.15) is 0 Å². The summed E-state index contributed by atoms with van der Waals surface area (Å²) in [7, 11) is 1.87. The maximum absolute atomic E-state index is 12.0. The number of rotatable bonds is 5. The van der Waals surface area contributed by atoms with Gasteiger partial charge in [0.05, 0.1) is 0 Å². The monoisotopic (exact) mass is 281 g/mol. The van der Waals surface area contributed by atoms with Crippen LogP contribution in [0.15, 0.2) is 5.16 Å². The summed E-state index contributed by atoms with van der Waals surface area (Å²) in [5.74, 6) is 0.900. The molecule has 2 aliphatic rings. The van der Waals surface area contributed by atoms with Crippen LogP contribution in [-0.2, 0) is 9.63 Å². The number of oxime groups is 1. The molecule has 20 heavy (non-hydrogen) atoms. The number of amides is 1. The Morgan fingerprint density at radius 3 is 2.40 bits per heavy atom. The molecule has 0 atom stereocenters. The smallest absolute Gasteiger partial charge is 0.263 e.